The standard InChI is InChI=1S/C25H27FN2O4S/c1-3-20-6-12-23(13-7-20)32-17-16-27-25(29)18-28(22-10-8-21(26)9-11-22)33(30,31)24-14-4-19(2)5-15-24/h4-15H,3,16-18H2,1-2H3,(H,27,29). The van der Waals surface area contributed by atoms with Crippen LogP contribution in [-0.2, 0) is 21.2 Å². The van der Waals surface area contributed by atoms with E-state index in [0.29, 0.717) is 5.75 Å². The van der Waals surface area contributed by atoms with E-state index in [9.17, 15) is 17.6 Å². The topological polar surface area (TPSA) is 75.7 Å². The lowest BCUT2D eigenvalue weighted by Crippen LogP contribution is -2.41. The Hall–Kier alpha value is -3.39. The van der Waals surface area contributed by atoms with E-state index in [1.165, 1.54) is 29.8 Å². The van der Waals surface area contributed by atoms with Crippen LogP contribution in [0.1, 0.15) is 18.1 Å². The first-order valence-electron chi connectivity index (χ1n) is 10.6. The zero-order chi connectivity index (χ0) is 23.8. The number of rotatable bonds is 10. The Morgan fingerprint density at radius 3 is 2.21 bits per heavy atom. The highest BCUT2D eigenvalue weighted by Crippen LogP contribution is 2.24. The summed E-state index contributed by atoms with van der Waals surface area (Å²) in [4.78, 5) is 12.6. The smallest absolute Gasteiger partial charge is 0.264 e. The van der Waals surface area contributed by atoms with Gasteiger partial charge < -0.3 is 10.1 Å². The van der Waals surface area contributed by atoms with Crippen molar-refractivity contribution >= 4 is 21.6 Å². The zero-order valence-electron chi connectivity index (χ0n) is 18.6. The van der Waals surface area contributed by atoms with Gasteiger partial charge in [-0.2, -0.15) is 0 Å². The highest BCUT2D eigenvalue weighted by molar-refractivity contribution is 7.92. The number of ether oxygens (including phenoxy) is 1. The van der Waals surface area contributed by atoms with E-state index in [4.69, 9.17) is 4.74 Å². The van der Waals surface area contributed by atoms with E-state index in [-0.39, 0.29) is 23.7 Å². The van der Waals surface area contributed by atoms with Gasteiger partial charge in [0.25, 0.3) is 10.0 Å². The van der Waals surface area contributed by atoms with Gasteiger partial charge in [0.1, 0.15) is 24.7 Å². The van der Waals surface area contributed by atoms with Crippen molar-refractivity contribution in [2.45, 2.75) is 25.2 Å². The average Bonchev–Trinajstić information content (AvgIpc) is 2.81. The summed E-state index contributed by atoms with van der Waals surface area (Å²) in [5, 5.41) is 2.68. The predicted molar refractivity (Wildman–Crippen MR) is 126 cm³/mol. The van der Waals surface area contributed by atoms with Gasteiger partial charge in [-0.1, -0.05) is 36.8 Å². The number of benzene rings is 3. The molecule has 0 fully saturated rings. The lowest BCUT2D eigenvalue weighted by atomic mass is 10.2. The van der Waals surface area contributed by atoms with E-state index < -0.39 is 28.3 Å². The minimum absolute atomic E-state index is 0.0454. The summed E-state index contributed by atoms with van der Waals surface area (Å²) in [6, 6.07) is 19.0. The molecule has 1 amide bonds. The summed E-state index contributed by atoms with van der Waals surface area (Å²) in [6.07, 6.45) is 0.937. The fourth-order valence-electron chi connectivity index (χ4n) is 3.13. The molecule has 0 heterocycles. The SMILES string of the molecule is CCc1ccc(OCCNC(=O)CN(c2ccc(F)cc2)S(=O)(=O)c2ccc(C)cc2)cc1. The van der Waals surface area contributed by atoms with E-state index in [2.05, 4.69) is 12.2 Å². The summed E-state index contributed by atoms with van der Waals surface area (Å²) >= 11 is 0. The molecule has 0 spiro atoms. The highest BCUT2D eigenvalue weighted by Gasteiger charge is 2.27. The van der Waals surface area contributed by atoms with Crippen molar-refractivity contribution in [3.8, 4) is 5.75 Å². The molecule has 0 aliphatic carbocycles. The quantitative estimate of drug-likeness (QED) is 0.453. The summed E-state index contributed by atoms with van der Waals surface area (Å²) in [7, 11) is -4.04. The molecule has 0 saturated carbocycles. The lowest BCUT2D eigenvalue weighted by molar-refractivity contribution is -0.119. The van der Waals surface area contributed by atoms with Crippen molar-refractivity contribution in [1.82, 2.24) is 5.32 Å². The van der Waals surface area contributed by atoms with E-state index >= 15 is 0 Å². The van der Waals surface area contributed by atoms with Gasteiger partial charge in [-0.15, -0.1) is 0 Å². The second-order valence-electron chi connectivity index (χ2n) is 7.50. The molecule has 33 heavy (non-hydrogen) atoms. The van der Waals surface area contributed by atoms with Crippen LogP contribution in [0.4, 0.5) is 10.1 Å². The molecule has 8 heteroatoms. The maximum atomic E-state index is 13.4. The molecule has 0 radical (unpaired) electrons. The van der Waals surface area contributed by atoms with Crippen molar-refractivity contribution < 1.29 is 22.3 Å². The molecule has 3 rings (SSSR count). The molecular formula is C25H27FN2O4S. The van der Waals surface area contributed by atoms with E-state index in [1.54, 1.807) is 12.1 Å². The Morgan fingerprint density at radius 2 is 1.61 bits per heavy atom. The van der Waals surface area contributed by atoms with Crippen molar-refractivity contribution in [2.24, 2.45) is 0 Å². The van der Waals surface area contributed by atoms with Gasteiger partial charge >= 0.3 is 0 Å². The first-order valence-corrected chi connectivity index (χ1v) is 12.1. The Balaban J connectivity index is 1.67. The van der Waals surface area contributed by atoms with Crippen LogP contribution in [0.2, 0.25) is 0 Å². The number of nitrogens with zero attached hydrogens (tertiary/aromatic N) is 1. The minimum atomic E-state index is -4.04. The number of hydrogen-bond acceptors (Lipinski definition) is 4. The number of hydrogen-bond donors (Lipinski definition) is 1. The Kier molecular flexibility index (Phi) is 8.06. The number of aryl methyl sites for hydroxylation is 2. The molecule has 0 aliphatic heterocycles. The zero-order valence-corrected chi connectivity index (χ0v) is 19.4. The monoisotopic (exact) mass is 470 g/mol. The van der Waals surface area contributed by atoms with Crippen LogP contribution in [0.15, 0.2) is 77.7 Å². The van der Waals surface area contributed by atoms with Crippen LogP contribution in [-0.4, -0.2) is 34.0 Å². The average molecular weight is 471 g/mol. The molecule has 6 nitrogen and oxygen atoms in total. The second kappa shape index (κ2) is 11.0. The number of anilines is 1. The van der Waals surface area contributed by atoms with Gasteiger partial charge in [-0.05, 0) is 67.4 Å². The Morgan fingerprint density at radius 1 is 0.970 bits per heavy atom. The predicted octanol–water partition coefficient (Wildman–Crippen LogP) is 4.09. The highest BCUT2D eigenvalue weighted by atomic mass is 32.2. The number of carbonyl (C=O) groups is 1. The molecule has 174 valence electrons. The molecule has 0 aliphatic rings. The molecular weight excluding hydrogens is 443 g/mol. The molecule has 0 saturated heterocycles. The number of nitrogens with one attached hydrogen (secondary N) is 1. The Labute approximate surface area is 194 Å². The van der Waals surface area contributed by atoms with Crippen molar-refractivity contribution in [3.05, 3.63) is 89.7 Å². The minimum Gasteiger partial charge on any atom is -0.492 e. The molecule has 3 aromatic rings. The van der Waals surface area contributed by atoms with Gasteiger partial charge in [-0.25, -0.2) is 12.8 Å². The first-order chi connectivity index (χ1) is 15.8. The fourth-order valence-corrected chi connectivity index (χ4v) is 4.55. The van der Waals surface area contributed by atoms with E-state index in [0.717, 1.165) is 28.4 Å². The third-order valence-corrected chi connectivity index (χ3v) is 6.82. The van der Waals surface area contributed by atoms with E-state index in [1.807, 2.05) is 31.2 Å². The van der Waals surface area contributed by atoms with Gasteiger partial charge in [0.2, 0.25) is 5.91 Å². The number of sulfonamides is 1. The van der Waals surface area contributed by atoms with Gasteiger partial charge in [0.05, 0.1) is 17.1 Å². The third kappa shape index (κ3) is 6.55. The summed E-state index contributed by atoms with van der Waals surface area (Å²) in [6.45, 7) is 3.91. The first kappa shape index (κ1) is 24.3. The maximum Gasteiger partial charge on any atom is 0.264 e. The second-order valence-corrected chi connectivity index (χ2v) is 9.36. The number of halogens is 1. The third-order valence-electron chi connectivity index (χ3n) is 5.04. The molecule has 0 atom stereocenters. The largest absolute Gasteiger partial charge is 0.492 e. The van der Waals surface area contributed by atoms with Crippen molar-refractivity contribution in [3.63, 3.8) is 0 Å². The van der Waals surface area contributed by atoms with Crippen LogP contribution in [0.25, 0.3) is 0 Å². The van der Waals surface area contributed by atoms with Crippen LogP contribution in [0, 0.1) is 12.7 Å². The molecule has 0 aromatic heterocycles. The maximum absolute atomic E-state index is 13.4. The van der Waals surface area contributed by atoms with Crippen molar-refractivity contribution in [1.29, 1.82) is 0 Å². The van der Waals surface area contributed by atoms with Crippen LogP contribution in [0.5, 0.6) is 5.75 Å². The molecule has 3 aromatic carbocycles. The lowest BCUT2D eigenvalue weighted by Gasteiger charge is -2.24. The van der Waals surface area contributed by atoms with Gasteiger partial charge in [0, 0.05) is 0 Å². The van der Waals surface area contributed by atoms with Crippen LogP contribution < -0.4 is 14.4 Å². The van der Waals surface area contributed by atoms with Gasteiger partial charge in [0.15, 0.2) is 0 Å². The summed E-state index contributed by atoms with van der Waals surface area (Å²) < 4.78 is 46.5. The van der Waals surface area contributed by atoms with Crippen molar-refractivity contribution in [2.75, 3.05) is 24.0 Å². The summed E-state index contributed by atoms with van der Waals surface area (Å²) in [5.41, 5.74) is 2.30. The van der Waals surface area contributed by atoms with Crippen LogP contribution in [0.3, 0.4) is 0 Å². The van der Waals surface area contributed by atoms with Crippen LogP contribution >= 0.6 is 0 Å². The summed E-state index contributed by atoms with van der Waals surface area (Å²) in [5.74, 6) is -0.309. The number of amides is 1. The molecule has 0 unspecified atom stereocenters. The Bertz CT molecular complexity index is 1160. The normalized spacial score (nSPS) is 11.1. The number of carbonyl (C=O) groups excluding carboxylic acids is 1. The van der Waals surface area contributed by atoms with Gasteiger partial charge in [-0.3, -0.25) is 9.10 Å². The fraction of sp³-hybridized carbons (Fsp3) is 0.240. The molecule has 1 N–H and O–H groups in total. The molecule has 0 bridgehead atoms.